The Bertz CT molecular complexity index is 638. The predicted molar refractivity (Wildman–Crippen MR) is 76.0 cm³/mol. The number of hydrogen-bond acceptors (Lipinski definition) is 6. The van der Waals surface area contributed by atoms with Crippen LogP contribution < -0.4 is 19.3 Å². The predicted octanol–water partition coefficient (Wildman–Crippen LogP) is 1.38. The second kappa shape index (κ2) is 4.59. The second-order valence-corrected chi connectivity index (χ2v) is 4.82. The second-order valence-electron chi connectivity index (χ2n) is 4.82. The average Bonchev–Trinajstić information content (AvgIpc) is 3.03. The smallest absolute Gasteiger partial charge is 0.232 e. The zero-order chi connectivity index (χ0) is 14.3. The maximum atomic E-state index is 5.53. The van der Waals surface area contributed by atoms with E-state index in [1.54, 1.807) is 0 Å². The molecule has 0 unspecified atom stereocenters. The molecule has 2 aromatic rings. The van der Waals surface area contributed by atoms with Crippen molar-refractivity contribution in [1.29, 1.82) is 0 Å². The Kier molecular flexibility index (Phi) is 2.89. The first-order valence-electron chi connectivity index (χ1n) is 6.28. The fourth-order valence-corrected chi connectivity index (χ4v) is 2.28. The van der Waals surface area contributed by atoms with Crippen molar-refractivity contribution in [2.75, 3.05) is 37.7 Å². The topological polar surface area (TPSA) is 55.7 Å². The van der Waals surface area contributed by atoms with Gasteiger partial charge in [-0.15, -0.1) is 10.2 Å². The highest BCUT2D eigenvalue weighted by molar-refractivity contribution is 5.70. The van der Waals surface area contributed by atoms with E-state index in [1.807, 2.05) is 60.8 Å². The lowest BCUT2D eigenvalue weighted by molar-refractivity contribution is 0.174. The number of nitrogens with zero attached hydrogens (tertiary/aromatic N) is 5. The van der Waals surface area contributed by atoms with Gasteiger partial charge >= 0.3 is 0 Å². The molecule has 1 aromatic heterocycles. The van der Waals surface area contributed by atoms with Crippen molar-refractivity contribution in [2.45, 2.75) is 0 Å². The zero-order valence-corrected chi connectivity index (χ0v) is 12.0. The number of para-hydroxylation sites is 1. The summed E-state index contributed by atoms with van der Waals surface area (Å²) in [4.78, 5) is 3.85. The lowest BCUT2D eigenvalue weighted by Gasteiger charge is -2.20. The molecule has 0 saturated heterocycles. The van der Waals surface area contributed by atoms with Crippen molar-refractivity contribution in [3.63, 3.8) is 0 Å². The van der Waals surface area contributed by atoms with Gasteiger partial charge in [0, 0.05) is 28.2 Å². The maximum absolute atomic E-state index is 5.53. The van der Waals surface area contributed by atoms with Crippen LogP contribution in [-0.4, -0.2) is 42.7 Å². The maximum Gasteiger partial charge on any atom is 0.232 e. The van der Waals surface area contributed by atoms with Gasteiger partial charge in [0.2, 0.25) is 18.7 Å². The van der Waals surface area contributed by atoms with Crippen LogP contribution in [0, 0.1) is 0 Å². The standard InChI is InChI=1S/C13H17N5O2/c1-16(2)12-14-15-13(18(12)4)17(3)9-6-5-7-10-11(9)20-8-19-10/h5-7H,8H2,1-4H3. The van der Waals surface area contributed by atoms with E-state index in [-0.39, 0.29) is 6.79 Å². The molecule has 1 aromatic carbocycles. The SMILES string of the molecule is CN(C)c1nnc(N(C)c2cccc3c2OCO3)n1C. The van der Waals surface area contributed by atoms with Crippen molar-refractivity contribution in [3.05, 3.63) is 18.2 Å². The number of rotatable bonds is 3. The van der Waals surface area contributed by atoms with Gasteiger partial charge in [0.05, 0.1) is 5.69 Å². The molecular formula is C13H17N5O2. The van der Waals surface area contributed by atoms with Gasteiger partial charge < -0.3 is 19.3 Å². The van der Waals surface area contributed by atoms with Gasteiger partial charge in [0.15, 0.2) is 11.5 Å². The van der Waals surface area contributed by atoms with Gasteiger partial charge in [-0.1, -0.05) is 6.07 Å². The van der Waals surface area contributed by atoms with Gasteiger partial charge in [0.1, 0.15) is 0 Å². The van der Waals surface area contributed by atoms with E-state index < -0.39 is 0 Å². The summed E-state index contributed by atoms with van der Waals surface area (Å²) in [6.07, 6.45) is 0. The first-order chi connectivity index (χ1) is 9.59. The summed E-state index contributed by atoms with van der Waals surface area (Å²) in [5.74, 6) is 3.02. The fraction of sp³-hybridized carbons (Fsp3) is 0.385. The molecule has 1 aliphatic rings. The van der Waals surface area contributed by atoms with Gasteiger partial charge in [-0.3, -0.25) is 4.57 Å². The summed E-state index contributed by atoms with van der Waals surface area (Å²) in [5, 5.41) is 8.42. The first-order valence-corrected chi connectivity index (χ1v) is 6.28. The Morgan fingerprint density at radius 1 is 1.10 bits per heavy atom. The van der Waals surface area contributed by atoms with E-state index in [1.165, 1.54) is 0 Å². The van der Waals surface area contributed by atoms with Gasteiger partial charge in [-0.25, -0.2) is 0 Å². The molecule has 0 N–H and O–H groups in total. The Labute approximate surface area is 117 Å². The van der Waals surface area contributed by atoms with Crippen LogP contribution in [0.15, 0.2) is 18.2 Å². The van der Waals surface area contributed by atoms with Crippen LogP contribution in [0.3, 0.4) is 0 Å². The summed E-state index contributed by atoms with van der Waals surface area (Å²) in [5.41, 5.74) is 0.904. The van der Waals surface area contributed by atoms with E-state index in [2.05, 4.69) is 10.2 Å². The molecule has 7 nitrogen and oxygen atoms in total. The van der Waals surface area contributed by atoms with Crippen molar-refractivity contribution < 1.29 is 9.47 Å². The summed E-state index contributed by atoms with van der Waals surface area (Å²) >= 11 is 0. The van der Waals surface area contributed by atoms with Crippen molar-refractivity contribution in [3.8, 4) is 11.5 Å². The van der Waals surface area contributed by atoms with E-state index in [4.69, 9.17) is 9.47 Å². The van der Waals surface area contributed by atoms with E-state index in [0.717, 1.165) is 29.1 Å². The molecule has 0 saturated carbocycles. The third kappa shape index (κ3) is 1.82. The zero-order valence-electron chi connectivity index (χ0n) is 12.0. The van der Waals surface area contributed by atoms with Crippen molar-refractivity contribution in [2.24, 2.45) is 7.05 Å². The van der Waals surface area contributed by atoms with Crippen LogP contribution in [0.4, 0.5) is 17.6 Å². The quantitative estimate of drug-likeness (QED) is 0.843. The van der Waals surface area contributed by atoms with Crippen molar-refractivity contribution >= 4 is 17.6 Å². The van der Waals surface area contributed by atoms with E-state index >= 15 is 0 Å². The lowest BCUT2D eigenvalue weighted by atomic mass is 10.2. The highest BCUT2D eigenvalue weighted by atomic mass is 16.7. The highest BCUT2D eigenvalue weighted by Crippen LogP contribution is 2.42. The van der Waals surface area contributed by atoms with Crippen LogP contribution in [-0.2, 0) is 7.05 Å². The largest absolute Gasteiger partial charge is 0.454 e. The molecule has 0 bridgehead atoms. The molecule has 7 heteroatoms. The lowest BCUT2D eigenvalue weighted by Crippen LogP contribution is -2.18. The number of hydrogen-bond donors (Lipinski definition) is 0. The molecule has 0 amide bonds. The highest BCUT2D eigenvalue weighted by Gasteiger charge is 2.23. The molecule has 3 rings (SSSR count). The number of aromatic nitrogens is 3. The third-order valence-corrected chi connectivity index (χ3v) is 3.27. The molecule has 0 fully saturated rings. The van der Waals surface area contributed by atoms with Crippen LogP contribution in [0.5, 0.6) is 11.5 Å². The number of fused-ring (bicyclic) bond motifs is 1. The molecular weight excluding hydrogens is 258 g/mol. The van der Waals surface area contributed by atoms with Crippen LogP contribution in [0.1, 0.15) is 0 Å². The summed E-state index contributed by atoms with van der Waals surface area (Å²) < 4.78 is 12.9. The van der Waals surface area contributed by atoms with Gasteiger partial charge in [0.25, 0.3) is 0 Å². The van der Waals surface area contributed by atoms with Gasteiger partial charge in [-0.2, -0.15) is 0 Å². The minimum atomic E-state index is 0.252. The summed E-state index contributed by atoms with van der Waals surface area (Å²) in [7, 11) is 7.73. The van der Waals surface area contributed by atoms with Crippen LogP contribution in [0.2, 0.25) is 0 Å². The van der Waals surface area contributed by atoms with E-state index in [0.29, 0.717) is 0 Å². The van der Waals surface area contributed by atoms with Crippen molar-refractivity contribution in [1.82, 2.24) is 14.8 Å². The Morgan fingerprint density at radius 2 is 1.85 bits per heavy atom. The molecule has 2 heterocycles. The number of benzene rings is 1. The summed E-state index contributed by atoms with van der Waals surface area (Å²) in [6, 6.07) is 5.79. The fourth-order valence-electron chi connectivity index (χ4n) is 2.28. The van der Waals surface area contributed by atoms with Crippen LogP contribution >= 0.6 is 0 Å². The Balaban J connectivity index is 2.01. The van der Waals surface area contributed by atoms with Gasteiger partial charge in [-0.05, 0) is 12.1 Å². The Hall–Kier alpha value is -2.44. The van der Waals surface area contributed by atoms with Crippen LogP contribution in [0.25, 0.3) is 0 Å². The molecule has 106 valence electrons. The summed E-state index contributed by atoms with van der Waals surface area (Å²) in [6.45, 7) is 0.252. The molecule has 20 heavy (non-hydrogen) atoms. The minimum Gasteiger partial charge on any atom is -0.454 e. The molecule has 0 spiro atoms. The molecule has 0 radical (unpaired) electrons. The van der Waals surface area contributed by atoms with E-state index in [9.17, 15) is 0 Å². The first kappa shape index (κ1) is 12.6. The minimum absolute atomic E-state index is 0.252. The number of ether oxygens (including phenoxy) is 2. The third-order valence-electron chi connectivity index (χ3n) is 3.27. The molecule has 1 aliphatic heterocycles. The monoisotopic (exact) mass is 275 g/mol. The Morgan fingerprint density at radius 3 is 2.55 bits per heavy atom. The number of anilines is 3. The normalized spacial score (nSPS) is 12.6. The molecule has 0 aliphatic carbocycles. The average molecular weight is 275 g/mol. The molecule has 0 atom stereocenters.